The van der Waals surface area contributed by atoms with Crippen LogP contribution in [0.3, 0.4) is 0 Å². The molecule has 0 aromatic rings. The van der Waals surface area contributed by atoms with E-state index in [1.165, 1.54) is 161 Å². The fourth-order valence-electron chi connectivity index (χ4n) is 7.12. The second-order valence-electron chi connectivity index (χ2n) is 17.0. The van der Waals surface area contributed by atoms with Crippen LogP contribution in [0.15, 0.2) is 12.2 Å². The third-order valence-electron chi connectivity index (χ3n) is 11.0. The van der Waals surface area contributed by atoms with Gasteiger partial charge in [0.15, 0.2) is 6.10 Å². The first-order valence-corrected chi connectivity index (χ1v) is 26.2. The number of carbonyl (C=O) groups is 3. The number of unbranched alkanes of at least 4 members (excludes halogenated alkanes) is 31. The van der Waals surface area contributed by atoms with Crippen LogP contribution in [-0.4, -0.2) is 59.9 Å². The first-order valence-electron chi connectivity index (χ1n) is 24.7. The summed E-state index contributed by atoms with van der Waals surface area (Å²) in [4.78, 5) is 46.1. The molecule has 0 aromatic carbocycles. The van der Waals surface area contributed by atoms with E-state index in [0.717, 1.165) is 44.9 Å². The molecule has 11 nitrogen and oxygen atoms in total. The fraction of sp³-hybridized carbons (Fsp3) is 0.896. The van der Waals surface area contributed by atoms with Gasteiger partial charge in [-0.3, -0.25) is 23.4 Å². The Kier molecular flexibility index (Phi) is 42.6. The van der Waals surface area contributed by atoms with E-state index in [2.05, 4.69) is 30.5 Å². The summed E-state index contributed by atoms with van der Waals surface area (Å²) < 4.78 is 32.8. The van der Waals surface area contributed by atoms with E-state index in [4.69, 9.17) is 24.8 Å². The molecule has 0 aliphatic heterocycles. The van der Waals surface area contributed by atoms with Gasteiger partial charge < -0.3 is 25.2 Å². The van der Waals surface area contributed by atoms with Gasteiger partial charge in [0.05, 0.1) is 13.2 Å². The lowest BCUT2D eigenvalue weighted by molar-refractivity contribution is -0.161. The van der Waals surface area contributed by atoms with Gasteiger partial charge >= 0.3 is 25.7 Å². The molecular formula is C48H92NO10P. The van der Waals surface area contributed by atoms with E-state index in [1.807, 2.05) is 0 Å². The second-order valence-corrected chi connectivity index (χ2v) is 18.4. The summed E-state index contributed by atoms with van der Waals surface area (Å²) in [7, 11) is -4.72. The van der Waals surface area contributed by atoms with Crippen LogP contribution in [0.5, 0.6) is 0 Å². The van der Waals surface area contributed by atoms with Crippen molar-refractivity contribution in [3.63, 3.8) is 0 Å². The number of carbonyl (C=O) groups excluding carboxylic acids is 2. The molecule has 0 aliphatic rings. The number of phosphoric ester groups is 1. The number of aliphatic carboxylic acids is 1. The standard InChI is InChI=1S/C48H92NO10P/c1-3-5-7-9-11-13-15-17-19-21-22-24-25-27-29-31-33-35-37-39-46(50)56-41-44(42-57-60(54,55)58-43-45(49)48(52)53)59-47(51)40-38-36-34-32-30-28-26-23-20-18-16-14-12-10-8-6-4-2/h21-22,44-45H,3-20,23-43,49H2,1-2H3,(H,52,53)(H,54,55)/b22-21-/t44-,45+/m1/s1. The molecule has 0 rings (SSSR count). The third kappa shape index (κ3) is 42.9. The molecule has 0 radical (unpaired) electrons. The van der Waals surface area contributed by atoms with Crippen LogP contribution in [0.2, 0.25) is 0 Å². The molecule has 1 unspecified atom stereocenters. The lowest BCUT2D eigenvalue weighted by Gasteiger charge is -2.20. The molecule has 0 amide bonds. The average Bonchev–Trinajstić information content (AvgIpc) is 3.22. The van der Waals surface area contributed by atoms with E-state index in [1.54, 1.807) is 0 Å². The van der Waals surface area contributed by atoms with Crippen molar-refractivity contribution in [1.82, 2.24) is 0 Å². The number of rotatable bonds is 47. The van der Waals surface area contributed by atoms with Crippen molar-refractivity contribution < 1.29 is 47.5 Å². The maximum absolute atomic E-state index is 12.7. The summed E-state index contributed by atoms with van der Waals surface area (Å²) in [5.74, 6) is -2.36. The lowest BCUT2D eigenvalue weighted by Crippen LogP contribution is -2.34. The Morgan fingerprint density at radius 2 is 0.833 bits per heavy atom. The smallest absolute Gasteiger partial charge is 0.472 e. The Morgan fingerprint density at radius 1 is 0.500 bits per heavy atom. The summed E-state index contributed by atoms with van der Waals surface area (Å²) in [5.41, 5.74) is 5.35. The molecule has 4 N–H and O–H groups in total. The maximum atomic E-state index is 12.7. The number of hydrogen-bond donors (Lipinski definition) is 3. The number of hydrogen-bond acceptors (Lipinski definition) is 9. The van der Waals surface area contributed by atoms with Crippen molar-refractivity contribution in [3.05, 3.63) is 12.2 Å². The molecule has 0 aromatic heterocycles. The highest BCUT2D eigenvalue weighted by molar-refractivity contribution is 7.47. The largest absolute Gasteiger partial charge is 0.480 e. The van der Waals surface area contributed by atoms with Crippen LogP contribution in [0, 0.1) is 0 Å². The van der Waals surface area contributed by atoms with Crippen LogP contribution < -0.4 is 5.73 Å². The van der Waals surface area contributed by atoms with Gasteiger partial charge in [-0.1, -0.05) is 206 Å². The Hall–Kier alpha value is -1.78. The van der Waals surface area contributed by atoms with E-state index >= 15 is 0 Å². The van der Waals surface area contributed by atoms with Gasteiger partial charge in [0.1, 0.15) is 12.6 Å². The van der Waals surface area contributed by atoms with Gasteiger partial charge in [0.2, 0.25) is 0 Å². The Bertz CT molecular complexity index is 1070. The molecule has 0 spiro atoms. The first-order chi connectivity index (χ1) is 29.1. The first kappa shape index (κ1) is 58.2. The van der Waals surface area contributed by atoms with Crippen LogP contribution in [-0.2, 0) is 37.5 Å². The number of nitrogens with two attached hydrogens (primary N) is 1. The number of phosphoric acid groups is 1. The van der Waals surface area contributed by atoms with Crippen molar-refractivity contribution in [2.24, 2.45) is 5.73 Å². The normalized spacial score (nSPS) is 13.7. The topological polar surface area (TPSA) is 172 Å². The van der Waals surface area contributed by atoms with Crippen molar-refractivity contribution >= 4 is 25.7 Å². The minimum Gasteiger partial charge on any atom is -0.480 e. The van der Waals surface area contributed by atoms with Crippen LogP contribution >= 0.6 is 7.82 Å². The Balaban J connectivity index is 4.25. The highest BCUT2D eigenvalue weighted by atomic mass is 31.2. The van der Waals surface area contributed by atoms with E-state index in [-0.39, 0.29) is 19.4 Å². The van der Waals surface area contributed by atoms with E-state index < -0.39 is 51.1 Å². The minimum absolute atomic E-state index is 0.167. The zero-order valence-corrected chi connectivity index (χ0v) is 39.5. The van der Waals surface area contributed by atoms with Crippen molar-refractivity contribution in [2.75, 3.05) is 19.8 Å². The van der Waals surface area contributed by atoms with Crippen LogP contribution in [0.4, 0.5) is 0 Å². The lowest BCUT2D eigenvalue weighted by atomic mass is 10.0. The number of carboxylic acids is 1. The molecule has 0 bridgehead atoms. The quantitative estimate of drug-likeness (QED) is 0.0230. The summed E-state index contributed by atoms with van der Waals surface area (Å²) in [5, 5.41) is 8.91. The zero-order valence-electron chi connectivity index (χ0n) is 38.6. The van der Waals surface area contributed by atoms with Crippen molar-refractivity contribution in [1.29, 1.82) is 0 Å². The van der Waals surface area contributed by atoms with Gasteiger partial charge in [-0.25, -0.2) is 4.57 Å². The molecule has 354 valence electrons. The van der Waals surface area contributed by atoms with Gasteiger partial charge in [-0.05, 0) is 38.5 Å². The van der Waals surface area contributed by atoms with Gasteiger partial charge in [0.25, 0.3) is 0 Å². The van der Waals surface area contributed by atoms with Crippen LogP contribution in [0.1, 0.15) is 245 Å². The number of ether oxygens (including phenoxy) is 2. The fourth-order valence-corrected chi connectivity index (χ4v) is 7.90. The summed E-state index contributed by atoms with van der Waals surface area (Å²) >= 11 is 0. The molecule has 3 atom stereocenters. The Labute approximate surface area is 367 Å². The predicted molar refractivity (Wildman–Crippen MR) is 245 cm³/mol. The predicted octanol–water partition coefficient (Wildman–Crippen LogP) is 13.6. The minimum atomic E-state index is -4.72. The number of allylic oxidation sites excluding steroid dienone is 2. The molecule has 0 heterocycles. The highest BCUT2D eigenvalue weighted by Gasteiger charge is 2.28. The molecular weight excluding hydrogens is 781 g/mol. The maximum Gasteiger partial charge on any atom is 0.472 e. The molecule has 0 fully saturated rings. The summed E-state index contributed by atoms with van der Waals surface area (Å²) in [6.07, 6.45) is 45.5. The van der Waals surface area contributed by atoms with Gasteiger partial charge in [0, 0.05) is 12.8 Å². The van der Waals surface area contributed by atoms with Gasteiger partial charge in [-0.2, -0.15) is 0 Å². The van der Waals surface area contributed by atoms with Crippen LogP contribution in [0.25, 0.3) is 0 Å². The SMILES string of the molecule is CCCCCCCCCC/C=C\CCCCCCCCCC(=O)OC[C@H](COP(=O)(O)OC[C@H](N)C(=O)O)OC(=O)CCCCCCCCCCCCCCCCCCC. The average molecular weight is 874 g/mol. The molecule has 0 saturated carbocycles. The summed E-state index contributed by atoms with van der Waals surface area (Å²) in [6.45, 7) is 2.85. The molecule has 0 saturated heterocycles. The molecule has 0 aliphatic carbocycles. The van der Waals surface area contributed by atoms with E-state index in [9.17, 15) is 23.8 Å². The van der Waals surface area contributed by atoms with Crippen molar-refractivity contribution in [3.8, 4) is 0 Å². The Morgan fingerprint density at radius 3 is 1.22 bits per heavy atom. The third-order valence-corrected chi connectivity index (χ3v) is 12.0. The van der Waals surface area contributed by atoms with E-state index in [0.29, 0.717) is 12.8 Å². The van der Waals surface area contributed by atoms with Crippen molar-refractivity contribution in [2.45, 2.75) is 257 Å². The monoisotopic (exact) mass is 874 g/mol. The highest BCUT2D eigenvalue weighted by Crippen LogP contribution is 2.43. The zero-order chi connectivity index (χ0) is 44.2. The van der Waals surface area contributed by atoms with Gasteiger partial charge in [-0.15, -0.1) is 0 Å². The number of carboxylic acid groups (broad SMARTS) is 1. The number of esters is 2. The molecule has 12 heteroatoms. The summed E-state index contributed by atoms with van der Waals surface area (Å²) in [6, 6.07) is -1.52. The molecule has 60 heavy (non-hydrogen) atoms. The second kappa shape index (κ2) is 43.9.